The third-order valence-corrected chi connectivity index (χ3v) is 5.08. The standard InChI is InChI=1S/C24H22N6O2/c1-15(2)21-22(28-23-18(11-25)12-26-30(23)24(21)32)17-9-10-29(13-17)14-20-6-4-5-19(27-20)8-7-16(3)31/h4-10,12-13,15,26H,14H2,1-3H3/b8-7+. The number of nitrogens with one attached hydrogen (secondary N) is 1. The van der Waals surface area contributed by atoms with Gasteiger partial charge in [0.25, 0.3) is 5.56 Å². The summed E-state index contributed by atoms with van der Waals surface area (Å²) in [5, 5.41) is 12.2. The summed E-state index contributed by atoms with van der Waals surface area (Å²) in [6.45, 7) is 5.91. The molecule has 4 aromatic heterocycles. The van der Waals surface area contributed by atoms with E-state index in [9.17, 15) is 14.9 Å². The topological polar surface area (TPSA) is 109 Å². The van der Waals surface area contributed by atoms with Crippen LogP contribution in [0.4, 0.5) is 0 Å². The number of rotatable bonds is 6. The van der Waals surface area contributed by atoms with Gasteiger partial charge < -0.3 is 4.57 Å². The van der Waals surface area contributed by atoms with E-state index in [4.69, 9.17) is 0 Å². The van der Waals surface area contributed by atoms with Gasteiger partial charge in [0.2, 0.25) is 0 Å². The summed E-state index contributed by atoms with van der Waals surface area (Å²) < 4.78 is 3.28. The maximum atomic E-state index is 13.1. The van der Waals surface area contributed by atoms with E-state index in [0.717, 1.165) is 11.3 Å². The molecule has 0 saturated carbocycles. The molecule has 0 atom stereocenters. The average molecular weight is 426 g/mol. The molecule has 4 rings (SSSR count). The quantitative estimate of drug-likeness (QED) is 0.475. The van der Waals surface area contributed by atoms with Crippen LogP contribution in [-0.2, 0) is 11.3 Å². The van der Waals surface area contributed by atoms with E-state index in [1.807, 2.05) is 55.1 Å². The molecule has 1 N–H and O–H groups in total. The fourth-order valence-corrected chi connectivity index (χ4v) is 3.60. The zero-order valence-electron chi connectivity index (χ0n) is 18.0. The Hall–Kier alpha value is -4.25. The number of fused-ring (bicyclic) bond motifs is 1. The largest absolute Gasteiger partial charge is 0.348 e. The van der Waals surface area contributed by atoms with Crippen LogP contribution in [0.15, 0.2) is 53.7 Å². The Morgan fingerprint density at radius 1 is 1.28 bits per heavy atom. The van der Waals surface area contributed by atoms with Gasteiger partial charge in [-0.05, 0) is 43.2 Å². The van der Waals surface area contributed by atoms with Crippen molar-refractivity contribution in [3.63, 3.8) is 0 Å². The Morgan fingerprint density at radius 3 is 2.81 bits per heavy atom. The molecule has 8 heteroatoms. The summed E-state index contributed by atoms with van der Waals surface area (Å²) in [5.41, 5.74) is 3.93. The van der Waals surface area contributed by atoms with E-state index in [0.29, 0.717) is 34.7 Å². The fraction of sp³-hybridized carbons (Fsp3) is 0.208. The third kappa shape index (κ3) is 4.01. The van der Waals surface area contributed by atoms with Crippen molar-refractivity contribution in [2.75, 3.05) is 0 Å². The predicted octanol–water partition coefficient (Wildman–Crippen LogP) is 3.53. The molecule has 8 nitrogen and oxygen atoms in total. The van der Waals surface area contributed by atoms with Gasteiger partial charge in [-0.1, -0.05) is 19.9 Å². The Labute approximate surface area is 184 Å². The minimum absolute atomic E-state index is 0.0319. The van der Waals surface area contributed by atoms with Crippen LogP contribution in [-0.4, -0.2) is 29.9 Å². The Kier molecular flexibility index (Phi) is 5.56. The number of ketones is 1. The van der Waals surface area contributed by atoms with Crippen molar-refractivity contribution in [2.45, 2.75) is 33.2 Å². The molecular formula is C24H22N6O2. The molecule has 0 unspecified atom stereocenters. The number of H-pyrrole nitrogens is 1. The van der Waals surface area contributed by atoms with Crippen LogP contribution in [0.25, 0.3) is 23.0 Å². The van der Waals surface area contributed by atoms with Gasteiger partial charge in [-0.25, -0.2) is 9.50 Å². The van der Waals surface area contributed by atoms with Gasteiger partial charge in [0.15, 0.2) is 11.4 Å². The lowest BCUT2D eigenvalue weighted by Gasteiger charge is -2.11. The molecule has 0 aliphatic rings. The van der Waals surface area contributed by atoms with E-state index in [-0.39, 0.29) is 17.3 Å². The predicted molar refractivity (Wildman–Crippen MR) is 121 cm³/mol. The molecule has 0 saturated heterocycles. The molecule has 0 bridgehead atoms. The molecule has 0 radical (unpaired) electrons. The molecular weight excluding hydrogens is 404 g/mol. The second kappa shape index (κ2) is 8.47. The van der Waals surface area contributed by atoms with Gasteiger partial charge in [0, 0.05) is 29.7 Å². The van der Waals surface area contributed by atoms with Crippen molar-refractivity contribution < 1.29 is 4.79 Å². The number of nitrogens with zero attached hydrogens (tertiary/aromatic N) is 5. The number of pyridine rings is 1. The number of carbonyl (C=O) groups excluding carboxylic acids is 1. The molecule has 4 aromatic rings. The number of allylic oxidation sites excluding steroid dienone is 1. The Morgan fingerprint density at radius 2 is 2.09 bits per heavy atom. The molecule has 0 aliphatic carbocycles. The first-order chi connectivity index (χ1) is 15.4. The van der Waals surface area contributed by atoms with Crippen LogP contribution in [0.2, 0.25) is 0 Å². The fourth-order valence-electron chi connectivity index (χ4n) is 3.60. The summed E-state index contributed by atoms with van der Waals surface area (Å²) in [6, 6.07) is 9.63. The van der Waals surface area contributed by atoms with Crippen LogP contribution in [0, 0.1) is 11.3 Å². The molecule has 0 spiro atoms. The first kappa shape index (κ1) is 21.0. The highest BCUT2D eigenvalue weighted by molar-refractivity contribution is 5.91. The average Bonchev–Trinajstić information content (AvgIpc) is 3.39. The van der Waals surface area contributed by atoms with Gasteiger partial charge in [0.1, 0.15) is 11.6 Å². The van der Waals surface area contributed by atoms with Gasteiger partial charge in [0.05, 0.1) is 23.6 Å². The normalized spacial score (nSPS) is 11.5. The van der Waals surface area contributed by atoms with Crippen molar-refractivity contribution in [3.8, 4) is 17.3 Å². The highest BCUT2D eigenvalue weighted by Crippen LogP contribution is 2.26. The summed E-state index contributed by atoms with van der Waals surface area (Å²) in [6.07, 6.45) is 8.50. The highest BCUT2D eigenvalue weighted by atomic mass is 16.1. The Bertz CT molecular complexity index is 1450. The molecule has 0 aliphatic heterocycles. The van der Waals surface area contributed by atoms with Crippen LogP contribution in [0.3, 0.4) is 0 Å². The lowest BCUT2D eigenvalue weighted by atomic mass is 10.00. The molecule has 32 heavy (non-hydrogen) atoms. The number of aromatic amines is 1. The van der Waals surface area contributed by atoms with Crippen molar-refractivity contribution in [1.82, 2.24) is 24.1 Å². The SMILES string of the molecule is CC(=O)/C=C/c1cccc(Cn2ccc(-c3nc4c(C#N)c[nH]n4c(=O)c3C(C)C)c2)n1. The summed E-state index contributed by atoms with van der Waals surface area (Å²) in [4.78, 5) is 33.5. The van der Waals surface area contributed by atoms with E-state index in [1.54, 1.807) is 6.08 Å². The molecule has 0 fully saturated rings. The monoisotopic (exact) mass is 426 g/mol. The first-order valence-corrected chi connectivity index (χ1v) is 10.2. The maximum absolute atomic E-state index is 13.1. The zero-order chi connectivity index (χ0) is 22.8. The minimum atomic E-state index is -0.208. The maximum Gasteiger partial charge on any atom is 0.276 e. The second-order valence-electron chi connectivity index (χ2n) is 7.86. The summed E-state index contributed by atoms with van der Waals surface area (Å²) >= 11 is 0. The van der Waals surface area contributed by atoms with Crippen molar-refractivity contribution in [1.29, 1.82) is 5.26 Å². The molecule has 0 amide bonds. The van der Waals surface area contributed by atoms with Crippen molar-refractivity contribution in [3.05, 3.63) is 81.8 Å². The smallest absolute Gasteiger partial charge is 0.276 e. The summed E-state index contributed by atoms with van der Waals surface area (Å²) in [5.74, 6) is -0.0824. The van der Waals surface area contributed by atoms with E-state index in [2.05, 4.69) is 21.1 Å². The van der Waals surface area contributed by atoms with Gasteiger partial charge in [-0.15, -0.1) is 0 Å². The number of hydrogen-bond donors (Lipinski definition) is 1. The highest BCUT2D eigenvalue weighted by Gasteiger charge is 2.20. The van der Waals surface area contributed by atoms with Gasteiger partial charge >= 0.3 is 0 Å². The summed E-state index contributed by atoms with van der Waals surface area (Å²) in [7, 11) is 0. The number of nitriles is 1. The third-order valence-electron chi connectivity index (χ3n) is 5.08. The van der Waals surface area contributed by atoms with Gasteiger partial charge in [-0.2, -0.15) is 5.26 Å². The minimum Gasteiger partial charge on any atom is -0.348 e. The molecule has 4 heterocycles. The van der Waals surface area contributed by atoms with Crippen molar-refractivity contribution in [2.24, 2.45) is 0 Å². The number of aromatic nitrogens is 5. The van der Waals surface area contributed by atoms with Crippen LogP contribution < -0.4 is 5.56 Å². The van der Waals surface area contributed by atoms with Crippen LogP contribution >= 0.6 is 0 Å². The lowest BCUT2D eigenvalue weighted by molar-refractivity contribution is -0.112. The Balaban J connectivity index is 1.72. The molecule has 160 valence electrons. The van der Waals surface area contributed by atoms with E-state index < -0.39 is 0 Å². The number of hydrogen-bond acceptors (Lipinski definition) is 5. The zero-order valence-corrected chi connectivity index (χ0v) is 18.0. The van der Waals surface area contributed by atoms with Gasteiger partial charge in [-0.3, -0.25) is 19.7 Å². The van der Waals surface area contributed by atoms with Crippen LogP contribution in [0.5, 0.6) is 0 Å². The van der Waals surface area contributed by atoms with Crippen molar-refractivity contribution >= 4 is 17.5 Å². The van der Waals surface area contributed by atoms with Crippen LogP contribution in [0.1, 0.15) is 49.2 Å². The van der Waals surface area contributed by atoms with E-state index >= 15 is 0 Å². The number of carbonyl (C=O) groups is 1. The first-order valence-electron chi connectivity index (χ1n) is 10.2. The second-order valence-corrected chi connectivity index (χ2v) is 7.86. The van der Waals surface area contributed by atoms with E-state index in [1.165, 1.54) is 23.7 Å². The molecule has 0 aromatic carbocycles. The lowest BCUT2D eigenvalue weighted by Crippen LogP contribution is -2.22.